The van der Waals surface area contributed by atoms with E-state index in [-0.39, 0.29) is 29.0 Å². The molecule has 2 aromatic carbocycles. The molecule has 1 heterocycles. The number of hydrogen-bond acceptors (Lipinski definition) is 5. The van der Waals surface area contributed by atoms with Crippen molar-refractivity contribution in [3.8, 4) is 16.9 Å². The van der Waals surface area contributed by atoms with Gasteiger partial charge in [0.25, 0.3) is 5.56 Å². The van der Waals surface area contributed by atoms with Crippen LogP contribution in [0.3, 0.4) is 0 Å². The first kappa shape index (κ1) is 21.1. The van der Waals surface area contributed by atoms with Crippen LogP contribution in [0.2, 0.25) is 0 Å². The van der Waals surface area contributed by atoms with Gasteiger partial charge in [0, 0.05) is 15.6 Å². The first-order chi connectivity index (χ1) is 14.2. The monoisotopic (exact) mass is 476 g/mol. The predicted octanol–water partition coefficient (Wildman–Crippen LogP) is 3.50. The summed E-state index contributed by atoms with van der Waals surface area (Å²) in [4.78, 5) is 37.5. The molecule has 0 aliphatic heterocycles. The SMILES string of the molecule is Nc1[nH]c(=O)c(C(=O)O)c(-c2cccc(OCc3ccc(Br)cc3F)c2)c1C(=O)O. The van der Waals surface area contributed by atoms with Crippen molar-refractivity contribution in [3.63, 3.8) is 0 Å². The average molecular weight is 477 g/mol. The van der Waals surface area contributed by atoms with E-state index >= 15 is 0 Å². The standard InChI is InChI=1S/C20H14BrFN2O6/c21-11-5-4-10(13(22)7-11)8-30-12-3-1-2-9(6-12)14-15(19(26)27)17(23)24-18(25)16(14)20(28)29/h1-7H,8H2,(H,26,27)(H,28,29)(H3,23,24,25). The Labute approximate surface area is 176 Å². The Morgan fingerprint density at radius 2 is 1.80 bits per heavy atom. The highest BCUT2D eigenvalue weighted by atomic mass is 79.9. The maximum absolute atomic E-state index is 14.0. The van der Waals surface area contributed by atoms with Crippen LogP contribution >= 0.6 is 15.9 Å². The molecule has 0 radical (unpaired) electrons. The van der Waals surface area contributed by atoms with Crippen LogP contribution < -0.4 is 16.0 Å². The van der Waals surface area contributed by atoms with Crippen LogP contribution in [-0.4, -0.2) is 27.1 Å². The van der Waals surface area contributed by atoms with E-state index < -0.39 is 40.3 Å². The van der Waals surface area contributed by atoms with Crippen molar-refractivity contribution in [3.05, 3.63) is 79.8 Å². The van der Waals surface area contributed by atoms with Gasteiger partial charge in [0.2, 0.25) is 0 Å². The van der Waals surface area contributed by atoms with Gasteiger partial charge in [0.05, 0.1) is 0 Å². The van der Waals surface area contributed by atoms with Gasteiger partial charge < -0.3 is 25.7 Å². The number of pyridine rings is 1. The summed E-state index contributed by atoms with van der Waals surface area (Å²) in [5.41, 5.74) is 3.29. The maximum atomic E-state index is 14.0. The van der Waals surface area contributed by atoms with Crippen molar-refractivity contribution in [2.24, 2.45) is 0 Å². The number of anilines is 1. The molecule has 0 saturated carbocycles. The quantitative estimate of drug-likeness (QED) is 0.426. The minimum atomic E-state index is -1.61. The molecule has 0 aliphatic rings. The van der Waals surface area contributed by atoms with Gasteiger partial charge in [-0.25, -0.2) is 14.0 Å². The number of rotatable bonds is 6. The number of carbonyl (C=O) groups is 2. The topological polar surface area (TPSA) is 143 Å². The van der Waals surface area contributed by atoms with Gasteiger partial charge >= 0.3 is 11.9 Å². The maximum Gasteiger partial charge on any atom is 0.342 e. The molecule has 0 bridgehead atoms. The molecule has 154 valence electrons. The minimum Gasteiger partial charge on any atom is -0.489 e. The lowest BCUT2D eigenvalue weighted by Crippen LogP contribution is -2.24. The van der Waals surface area contributed by atoms with E-state index in [0.717, 1.165) is 0 Å². The number of benzene rings is 2. The first-order valence-corrected chi connectivity index (χ1v) is 9.17. The molecule has 0 saturated heterocycles. The zero-order valence-electron chi connectivity index (χ0n) is 15.1. The zero-order valence-corrected chi connectivity index (χ0v) is 16.7. The van der Waals surface area contributed by atoms with Gasteiger partial charge in [-0.2, -0.15) is 0 Å². The second kappa shape index (κ2) is 8.37. The normalized spacial score (nSPS) is 10.6. The van der Waals surface area contributed by atoms with Crippen LogP contribution in [0.1, 0.15) is 26.3 Å². The number of hydrogen-bond donors (Lipinski definition) is 4. The molecular formula is C20H14BrFN2O6. The van der Waals surface area contributed by atoms with Gasteiger partial charge in [0.15, 0.2) is 0 Å². The predicted molar refractivity (Wildman–Crippen MR) is 109 cm³/mol. The lowest BCUT2D eigenvalue weighted by molar-refractivity contribution is 0.0695. The van der Waals surface area contributed by atoms with Crippen molar-refractivity contribution in [1.82, 2.24) is 4.98 Å². The summed E-state index contributed by atoms with van der Waals surface area (Å²) in [6.45, 7) is -0.127. The van der Waals surface area contributed by atoms with E-state index in [1.807, 2.05) is 4.98 Å². The number of carboxylic acids is 2. The fourth-order valence-electron chi connectivity index (χ4n) is 2.88. The Balaban J connectivity index is 2.06. The minimum absolute atomic E-state index is 0.0939. The number of nitrogen functional groups attached to an aromatic ring is 1. The summed E-state index contributed by atoms with van der Waals surface area (Å²) in [7, 11) is 0. The van der Waals surface area contributed by atoms with E-state index in [9.17, 15) is 29.0 Å². The number of aromatic amines is 1. The van der Waals surface area contributed by atoms with Crippen LogP contribution in [-0.2, 0) is 6.61 Å². The summed E-state index contributed by atoms with van der Waals surface area (Å²) in [5.74, 6) is -3.87. The Bertz CT molecular complexity index is 1220. The molecule has 0 unspecified atom stereocenters. The third kappa shape index (κ3) is 4.18. The van der Waals surface area contributed by atoms with Crippen LogP contribution in [0.15, 0.2) is 51.7 Å². The fraction of sp³-hybridized carbons (Fsp3) is 0.0500. The van der Waals surface area contributed by atoms with E-state index in [1.165, 1.54) is 36.4 Å². The molecule has 3 rings (SSSR count). The molecule has 5 N–H and O–H groups in total. The van der Waals surface area contributed by atoms with Crippen molar-refractivity contribution >= 4 is 33.7 Å². The van der Waals surface area contributed by atoms with Crippen LogP contribution in [0, 0.1) is 5.82 Å². The third-order valence-corrected chi connectivity index (χ3v) is 4.70. The summed E-state index contributed by atoms with van der Waals surface area (Å²) in [6.07, 6.45) is 0. The Morgan fingerprint density at radius 1 is 1.10 bits per heavy atom. The summed E-state index contributed by atoms with van der Waals surface area (Å²) >= 11 is 3.16. The van der Waals surface area contributed by atoms with E-state index in [0.29, 0.717) is 4.47 Å². The number of aromatic carboxylic acids is 2. The molecule has 0 amide bonds. The lowest BCUT2D eigenvalue weighted by atomic mass is 9.95. The molecule has 1 aromatic heterocycles. The fourth-order valence-corrected chi connectivity index (χ4v) is 3.21. The highest BCUT2D eigenvalue weighted by Gasteiger charge is 2.26. The Kier molecular flexibility index (Phi) is 5.88. The van der Waals surface area contributed by atoms with E-state index in [1.54, 1.807) is 6.07 Å². The molecule has 8 nitrogen and oxygen atoms in total. The molecule has 3 aromatic rings. The Morgan fingerprint density at radius 3 is 2.43 bits per heavy atom. The number of halogens is 2. The summed E-state index contributed by atoms with van der Waals surface area (Å²) in [6, 6.07) is 10.2. The molecule has 0 aliphatic carbocycles. The zero-order chi connectivity index (χ0) is 22.0. The number of ether oxygens (including phenoxy) is 1. The van der Waals surface area contributed by atoms with E-state index in [2.05, 4.69) is 15.9 Å². The summed E-state index contributed by atoms with van der Waals surface area (Å²) in [5, 5.41) is 19.0. The highest BCUT2D eigenvalue weighted by molar-refractivity contribution is 9.10. The van der Waals surface area contributed by atoms with Crippen LogP contribution in [0.25, 0.3) is 11.1 Å². The molecule has 30 heavy (non-hydrogen) atoms. The number of nitrogens with two attached hydrogens (primary N) is 1. The summed E-state index contributed by atoms with van der Waals surface area (Å²) < 4.78 is 20.1. The van der Waals surface area contributed by atoms with Crippen molar-refractivity contribution in [1.29, 1.82) is 0 Å². The molecular weight excluding hydrogens is 463 g/mol. The van der Waals surface area contributed by atoms with Crippen molar-refractivity contribution in [2.45, 2.75) is 6.61 Å². The second-order valence-corrected chi connectivity index (χ2v) is 7.07. The van der Waals surface area contributed by atoms with Gasteiger partial charge in [-0.15, -0.1) is 0 Å². The number of carboxylic acid groups (broad SMARTS) is 2. The van der Waals surface area contributed by atoms with Gasteiger partial charge in [-0.1, -0.05) is 34.1 Å². The number of H-pyrrole nitrogens is 1. The van der Waals surface area contributed by atoms with Crippen molar-refractivity contribution in [2.75, 3.05) is 5.73 Å². The third-order valence-electron chi connectivity index (χ3n) is 4.20. The highest BCUT2D eigenvalue weighted by Crippen LogP contribution is 2.31. The smallest absolute Gasteiger partial charge is 0.342 e. The van der Waals surface area contributed by atoms with Crippen LogP contribution in [0.4, 0.5) is 10.2 Å². The van der Waals surface area contributed by atoms with Gasteiger partial charge in [-0.05, 0) is 29.8 Å². The number of nitrogens with one attached hydrogen (secondary N) is 1. The van der Waals surface area contributed by atoms with Crippen LogP contribution in [0.5, 0.6) is 5.75 Å². The lowest BCUT2D eigenvalue weighted by Gasteiger charge is -2.13. The Hall–Kier alpha value is -3.66. The average Bonchev–Trinajstić information content (AvgIpc) is 2.66. The van der Waals surface area contributed by atoms with E-state index in [4.69, 9.17) is 10.5 Å². The molecule has 0 atom stereocenters. The second-order valence-electron chi connectivity index (χ2n) is 6.16. The largest absolute Gasteiger partial charge is 0.489 e. The van der Waals surface area contributed by atoms with Crippen molar-refractivity contribution < 1.29 is 28.9 Å². The molecule has 0 fully saturated rings. The van der Waals surface area contributed by atoms with Gasteiger partial charge in [-0.3, -0.25) is 4.79 Å². The van der Waals surface area contributed by atoms with Gasteiger partial charge in [0.1, 0.15) is 35.1 Å². The molecule has 0 spiro atoms. The molecule has 10 heteroatoms. The first-order valence-electron chi connectivity index (χ1n) is 8.38. The number of aromatic nitrogens is 1.